The third-order valence-electron chi connectivity index (χ3n) is 1.80. The van der Waals surface area contributed by atoms with Gasteiger partial charge in [-0.15, -0.1) is 0 Å². The summed E-state index contributed by atoms with van der Waals surface area (Å²) in [6.45, 7) is 8.10. The standard InChI is InChI=1S/C9H12N/c1-6-5-7(2)9(4)10-8(6)3/h1-4H3. The monoisotopic (exact) mass is 134 g/mol. The number of rotatable bonds is 0. The van der Waals surface area contributed by atoms with E-state index in [0.29, 0.717) is 0 Å². The van der Waals surface area contributed by atoms with E-state index in [1.165, 1.54) is 0 Å². The Morgan fingerprint density at radius 3 is 1.60 bits per heavy atom. The molecule has 0 spiro atoms. The van der Waals surface area contributed by atoms with Gasteiger partial charge in [-0.3, -0.25) is 4.98 Å². The van der Waals surface area contributed by atoms with Gasteiger partial charge in [0.1, 0.15) is 0 Å². The van der Waals surface area contributed by atoms with Crippen molar-refractivity contribution in [3.63, 3.8) is 0 Å². The quantitative estimate of drug-likeness (QED) is 0.529. The number of aryl methyl sites for hydroxylation is 4. The summed E-state index contributed by atoms with van der Waals surface area (Å²) < 4.78 is 0. The van der Waals surface area contributed by atoms with Crippen molar-refractivity contribution >= 4 is 0 Å². The Morgan fingerprint density at radius 1 is 0.900 bits per heavy atom. The van der Waals surface area contributed by atoms with Gasteiger partial charge in [0.25, 0.3) is 0 Å². The van der Waals surface area contributed by atoms with Gasteiger partial charge in [-0.1, -0.05) is 0 Å². The lowest BCUT2D eigenvalue weighted by Gasteiger charge is -2.02. The summed E-state index contributed by atoms with van der Waals surface area (Å²) in [5.41, 5.74) is 4.48. The van der Waals surface area contributed by atoms with Crippen LogP contribution >= 0.6 is 0 Å². The minimum absolute atomic E-state index is 1.09. The molecular formula is C9H12N. The van der Waals surface area contributed by atoms with Gasteiger partial charge in [-0.05, 0) is 44.9 Å². The minimum atomic E-state index is 1.09. The van der Waals surface area contributed by atoms with Crippen LogP contribution in [0.15, 0.2) is 0 Å². The van der Waals surface area contributed by atoms with Gasteiger partial charge in [-0.25, -0.2) is 0 Å². The normalized spacial score (nSPS) is 10.0. The summed E-state index contributed by atoms with van der Waals surface area (Å²) in [5, 5.41) is 0. The van der Waals surface area contributed by atoms with Crippen molar-refractivity contribution in [3.05, 3.63) is 28.6 Å². The fourth-order valence-corrected chi connectivity index (χ4v) is 0.881. The second kappa shape index (κ2) is 2.41. The number of pyridine rings is 1. The molecule has 0 aliphatic heterocycles. The molecule has 0 amide bonds. The van der Waals surface area contributed by atoms with E-state index in [2.05, 4.69) is 11.1 Å². The smallest absolute Gasteiger partial charge is 0.0411 e. The van der Waals surface area contributed by atoms with E-state index in [-0.39, 0.29) is 0 Å². The second-order valence-corrected chi connectivity index (χ2v) is 2.66. The maximum Gasteiger partial charge on any atom is 0.0411 e. The SMILES string of the molecule is Cc1[c]c(C)c(C)nc1C. The average Bonchev–Trinajstić information content (AvgIpc) is 1.84. The van der Waals surface area contributed by atoms with E-state index in [9.17, 15) is 0 Å². The van der Waals surface area contributed by atoms with Crippen molar-refractivity contribution in [2.45, 2.75) is 27.7 Å². The van der Waals surface area contributed by atoms with Crippen LogP contribution in [0.4, 0.5) is 0 Å². The summed E-state index contributed by atoms with van der Waals surface area (Å²) >= 11 is 0. The lowest BCUT2D eigenvalue weighted by atomic mass is 10.1. The summed E-state index contributed by atoms with van der Waals surface area (Å²) in [7, 11) is 0. The van der Waals surface area contributed by atoms with Crippen LogP contribution < -0.4 is 0 Å². The Labute approximate surface area is 62.1 Å². The van der Waals surface area contributed by atoms with Crippen LogP contribution in [0, 0.1) is 33.8 Å². The van der Waals surface area contributed by atoms with Crippen molar-refractivity contribution in [2.24, 2.45) is 0 Å². The van der Waals surface area contributed by atoms with E-state index < -0.39 is 0 Å². The number of nitrogens with zero attached hydrogens (tertiary/aromatic N) is 1. The first kappa shape index (κ1) is 7.26. The van der Waals surface area contributed by atoms with E-state index >= 15 is 0 Å². The van der Waals surface area contributed by atoms with Gasteiger partial charge in [0, 0.05) is 11.4 Å². The molecule has 0 aromatic carbocycles. The van der Waals surface area contributed by atoms with Crippen LogP contribution in [-0.4, -0.2) is 4.98 Å². The third kappa shape index (κ3) is 1.18. The Hall–Kier alpha value is -0.850. The molecule has 53 valence electrons. The van der Waals surface area contributed by atoms with E-state index in [4.69, 9.17) is 0 Å². The molecule has 0 unspecified atom stereocenters. The molecule has 0 N–H and O–H groups in total. The van der Waals surface area contributed by atoms with Crippen molar-refractivity contribution in [1.29, 1.82) is 0 Å². The highest BCUT2D eigenvalue weighted by Gasteiger charge is 1.97. The van der Waals surface area contributed by atoms with Crippen molar-refractivity contribution in [3.8, 4) is 0 Å². The van der Waals surface area contributed by atoms with Gasteiger partial charge >= 0.3 is 0 Å². The Balaban J connectivity index is 3.28. The molecule has 0 saturated heterocycles. The fraction of sp³-hybridized carbons (Fsp3) is 0.444. The maximum absolute atomic E-state index is 4.34. The van der Waals surface area contributed by atoms with Gasteiger partial charge in [-0.2, -0.15) is 0 Å². The highest BCUT2D eigenvalue weighted by molar-refractivity contribution is 5.25. The first-order valence-corrected chi connectivity index (χ1v) is 3.45. The van der Waals surface area contributed by atoms with Crippen LogP contribution in [0.25, 0.3) is 0 Å². The first-order chi connectivity index (χ1) is 4.61. The molecular weight excluding hydrogens is 122 g/mol. The molecule has 1 radical (unpaired) electrons. The second-order valence-electron chi connectivity index (χ2n) is 2.66. The van der Waals surface area contributed by atoms with Gasteiger partial charge in [0.05, 0.1) is 0 Å². The van der Waals surface area contributed by atoms with E-state index in [1.807, 2.05) is 27.7 Å². The van der Waals surface area contributed by atoms with Crippen LogP contribution in [0.5, 0.6) is 0 Å². The Bertz CT molecular complexity index is 201. The molecule has 1 aromatic heterocycles. The zero-order chi connectivity index (χ0) is 7.72. The van der Waals surface area contributed by atoms with Crippen LogP contribution in [0.3, 0.4) is 0 Å². The first-order valence-electron chi connectivity index (χ1n) is 3.45. The molecule has 1 aromatic rings. The molecule has 0 aliphatic rings. The van der Waals surface area contributed by atoms with Crippen molar-refractivity contribution in [2.75, 3.05) is 0 Å². The molecule has 1 heterocycles. The summed E-state index contributed by atoms with van der Waals surface area (Å²) in [6, 6.07) is 3.24. The minimum Gasteiger partial charge on any atom is -0.258 e. The highest BCUT2D eigenvalue weighted by Crippen LogP contribution is 2.08. The topological polar surface area (TPSA) is 12.9 Å². The van der Waals surface area contributed by atoms with Crippen molar-refractivity contribution in [1.82, 2.24) is 4.98 Å². The Kier molecular flexibility index (Phi) is 1.75. The number of hydrogen-bond acceptors (Lipinski definition) is 1. The number of hydrogen-bond donors (Lipinski definition) is 0. The summed E-state index contributed by atoms with van der Waals surface area (Å²) in [4.78, 5) is 4.34. The van der Waals surface area contributed by atoms with Crippen LogP contribution in [-0.2, 0) is 0 Å². The summed E-state index contributed by atoms with van der Waals surface area (Å²) in [5.74, 6) is 0. The molecule has 10 heavy (non-hydrogen) atoms. The van der Waals surface area contributed by atoms with E-state index in [0.717, 1.165) is 22.5 Å². The van der Waals surface area contributed by atoms with E-state index in [1.54, 1.807) is 0 Å². The molecule has 0 aliphatic carbocycles. The molecule has 0 bridgehead atoms. The van der Waals surface area contributed by atoms with Gasteiger partial charge in [0.15, 0.2) is 0 Å². The predicted octanol–water partition coefficient (Wildman–Crippen LogP) is 2.12. The predicted molar refractivity (Wildman–Crippen MR) is 42.0 cm³/mol. The highest BCUT2D eigenvalue weighted by atomic mass is 14.7. The third-order valence-corrected chi connectivity index (χ3v) is 1.80. The van der Waals surface area contributed by atoms with Gasteiger partial charge in [0.2, 0.25) is 0 Å². The molecule has 0 saturated carbocycles. The molecule has 1 heteroatoms. The fourth-order valence-electron chi connectivity index (χ4n) is 0.881. The maximum atomic E-state index is 4.34. The molecule has 0 atom stereocenters. The average molecular weight is 134 g/mol. The van der Waals surface area contributed by atoms with Crippen LogP contribution in [0.2, 0.25) is 0 Å². The lowest BCUT2D eigenvalue weighted by molar-refractivity contribution is 1.05. The zero-order valence-corrected chi connectivity index (χ0v) is 6.95. The van der Waals surface area contributed by atoms with Gasteiger partial charge < -0.3 is 0 Å². The Morgan fingerprint density at radius 2 is 1.30 bits per heavy atom. The summed E-state index contributed by atoms with van der Waals surface area (Å²) in [6.07, 6.45) is 0. The molecule has 1 rings (SSSR count). The molecule has 1 nitrogen and oxygen atoms in total. The van der Waals surface area contributed by atoms with Crippen LogP contribution in [0.1, 0.15) is 22.5 Å². The number of aromatic nitrogens is 1. The van der Waals surface area contributed by atoms with Crippen molar-refractivity contribution < 1.29 is 0 Å². The lowest BCUT2D eigenvalue weighted by Crippen LogP contribution is -1.93. The zero-order valence-electron chi connectivity index (χ0n) is 6.95. The largest absolute Gasteiger partial charge is 0.258 e. The molecule has 0 fully saturated rings.